The molecule has 57 heavy (non-hydrogen) atoms. The molecule has 1 aromatic heterocycles. The van der Waals surface area contributed by atoms with E-state index < -0.39 is 6.29 Å². The van der Waals surface area contributed by atoms with Crippen molar-refractivity contribution in [3.05, 3.63) is 203 Å². The number of amides is 1. The Morgan fingerprint density at radius 1 is 0.667 bits per heavy atom. The lowest BCUT2D eigenvalue weighted by Crippen LogP contribution is -2.44. The van der Waals surface area contributed by atoms with Crippen LogP contribution in [0.15, 0.2) is 164 Å². The molecule has 1 saturated heterocycles. The van der Waals surface area contributed by atoms with Gasteiger partial charge in [-0.3, -0.25) is 14.7 Å². The number of nitrogens with one attached hydrogen (secondary N) is 1. The van der Waals surface area contributed by atoms with Gasteiger partial charge in [0, 0.05) is 37.7 Å². The lowest BCUT2D eigenvalue weighted by atomic mass is 9.89. The van der Waals surface area contributed by atoms with Gasteiger partial charge in [0.1, 0.15) is 5.69 Å². The maximum Gasteiger partial charge on any atom is 0.271 e. The molecule has 2 N–H and O–H groups in total. The van der Waals surface area contributed by atoms with Gasteiger partial charge in [0.25, 0.3) is 5.91 Å². The van der Waals surface area contributed by atoms with Crippen molar-refractivity contribution in [3.63, 3.8) is 0 Å². The van der Waals surface area contributed by atoms with E-state index in [0.29, 0.717) is 18.6 Å². The molecule has 286 valence electrons. The zero-order chi connectivity index (χ0) is 39.0. The SMILES string of the molecule is C[C@H]1[C@@H](CN(Cc2ccccc2)Cc2ccccc2)O[C@@H](c2cccc(-c3cccc(CNC(=O)c4cnc5ccccc5n4)c3)c2)O[C@H]1c1ccc(CO)cc1. The van der Waals surface area contributed by atoms with Crippen molar-refractivity contribution in [1.82, 2.24) is 20.2 Å². The fourth-order valence-electron chi connectivity index (χ4n) is 7.52. The molecule has 1 aliphatic rings. The predicted octanol–water partition coefficient (Wildman–Crippen LogP) is 9.21. The highest BCUT2D eigenvalue weighted by atomic mass is 16.7. The van der Waals surface area contributed by atoms with Crippen molar-refractivity contribution >= 4 is 16.9 Å². The van der Waals surface area contributed by atoms with E-state index in [-0.39, 0.29) is 36.3 Å². The zero-order valence-electron chi connectivity index (χ0n) is 31.9. The number of nitrogens with zero attached hydrogens (tertiary/aromatic N) is 3. The maximum atomic E-state index is 13.0. The first kappa shape index (κ1) is 37.9. The van der Waals surface area contributed by atoms with E-state index in [1.807, 2.05) is 54.6 Å². The number of aromatic nitrogens is 2. The first-order chi connectivity index (χ1) is 28.0. The minimum Gasteiger partial charge on any atom is -0.392 e. The molecule has 8 heteroatoms. The summed E-state index contributed by atoms with van der Waals surface area (Å²) in [4.78, 5) is 24.4. The molecule has 2 heterocycles. The molecule has 8 rings (SSSR count). The molecule has 0 aliphatic carbocycles. The lowest BCUT2D eigenvalue weighted by Gasteiger charge is -2.43. The molecule has 1 amide bonds. The van der Waals surface area contributed by atoms with Crippen LogP contribution in [-0.4, -0.2) is 38.5 Å². The third-order valence-corrected chi connectivity index (χ3v) is 10.6. The molecule has 0 saturated carbocycles. The van der Waals surface area contributed by atoms with Crippen molar-refractivity contribution in [1.29, 1.82) is 0 Å². The van der Waals surface area contributed by atoms with Crippen molar-refractivity contribution in [2.45, 2.75) is 51.7 Å². The molecule has 0 unspecified atom stereocenters. The molecule has 6 aromatic carbocycles. The third kappa shape index (κ3) is 9.34. The number of rotatable bonds is 13. The summed E-state index contributed by atoms with van der Waals surface area (Å²) in [7, 11) is 0. The third-order valence-electron chi connectivity index (χ3n) is 10.6. The van der Waals surface area contributed by atoms with Gasteiger partial charge in [0.2, 0.25) is 0 Å². The predicted molar refractivity (Wildman–Crippen MR) is 223 cm³/mol. The Balaban J connectivity index is 1.04. The van der Waals surface area contributed by atoms with Crippen LogP contribution in [0.1, 0.15) is 63.2 Å². The van der Waals surface area contributed by atoms with Gasteiger partial charge in [-0.1, -0.05) is 140 Å². The van der Waals surface area contributed by atoms with Crippen LogP contribution in [0.5, 0.6) is 0 Å². The van der Waals surface area contributed by atoms with Gasteiger partial charge < -0.3 is 19.9 Å². The summed E-state index contributed by atoms with van der Waals surface area (Å²) in [5.74, 6) is -0.242. The molecular weight excluding hydrogens is 709 g/mol. The fraction of sp³-hybridized carbons (Fsp3) is 0.204. The summed E-state index contributed by atoms with van der Waals surface area (Å²) in [5.41, 5.74) is 10.0. The van der Waals surface area contributed by atoms with Gasteiger partial charge in [-0.25, -0.2) is 4.98 Å². The van der Waals surface area contributed by atoms with Crippen molar-refractivity contribution in [2.75, 3.05) is 6.54 Å². The summed E-state index contributed by atoms with van der Waals surface area (Å²) in [6, 6.07) is 53.2. The van der Waals surface area contributed by atoms with E-state index in [0.717, 1.165) is 52.0 Å². The Morgan fingerprint density at radius 3 is 2.00 bits per heavy atom. The van der Waals surface area contributed by atoms with Gasteiger partial charge in [0.15, 0.2) is 6.29 Å². The number of ether oxygens (including phenoxy) is 2. The highest BCUT2D eigenvalue weighted by Gasteiger charge is 2.39. The Hall–Kier alpha value is -6.03. The quantitative estimate of drug-likeness (QED) is 0.121. The van der Waals surface area contributed by atoms with Crippen molar-refractivity contribution < 1.29 is 19.4 Å². The summed E-state index contributed by atoms with van der Waals surface area (Å²) in [6.45, 7) is 4.81. The van der Waals surface area contributed by atoms with Gasteiger partial charge in [0.05, 0.1) is 36.0 Å². The molecular formula is C49H46N4O4. The standard InChI is InChI=1S/C49H46N4O4/c1-34-46(32-53(30-35-12-4-2-5-13-35)31-36-14-6-3-7-15-36)56-49(57-47(34)39-24-22-37(33-54)23-25-39)42-19-11-18-41(27-42)40-17-10-16-38(26-40)28-51-48(55)45-29-50-43-20-8-9-21-44(43)52-45/h2-27,29,34,46-47,49,54H,28,30-33H2,1H3,(H,51,55)/t34-,46+,47+,49+/m0/s1. The van der Waals surface area contributed by atoms with Crippen LogP contribution in [0, 0.1) is 5.92 Å². The second-order valence-electron chi connectivity index (χ2n) is 14.7. The Morgan fingerprint density at radius 2 is 1.30 bits per heavy atom. The Kier molecular flexibility index (Phi) is 11.8. The van der Waals surface area contributed by atoms with Gasteiger partial charge in [-0.05, 0) is 63.2 Å². The fourth-order valence-corrected chi connectivity index (χ4v) is 7.52. The zero-order valence-corrected chi connectivity index (χ0v) is 31.9. The number of aliphatic hydroxyl groups excluding tert-OH is 1. The number of hydrogen-bond donors (Lipinski definition) is 2. The summed E-state index contributed by atoms with van der Waals surface area (Å²) in [6.07, 6.45) is 0.509. The van der Waals surface area contributed by atoms with Crippen LogP contribution in [-0.2, 0) is 35.7 Å². The average molecular weight is 755 g/mol. The van der Waals surface area contributed by atoms with Gasteiger partial charge in [-0.15, -0.1) is 0 Å². The molecule has 0 radical (unpaired) electrons. The van der Waals surface area contributed by atoms with Gasteiger partial charge >= 0.3 is 0 Å². The highest BCUT2D eigenvalue weighted by molar-refractivity contribution is 5.93. The van der Waals surface area contributed by atoms with E-state index >= 15 is 0 Å². The number of benzene rings is 6. The van der Waals surface area contributed by atoms with E-state index in [1.165, 1.54) is 17.3 Å². The maximum absolute atomic E-state index is 13.0. The van der Waals surface area contributed by atoms with Crippen LogP contribution in [0.25, 0.3) is 22.2 Å². The van der Waals surface area contributed by atoms with Crippen LogP contribution in [0.3, 0.4) is 0 Å². The van der Waals surface area contributed by atoms with Gasteiger partial charge in [-0.2, -0.15) is 0 Å². The van der Waals surface area contributed by atoms with Crippen molar-refractivity contribution in [2.24, 2.45) is 5.92 Å². The lowest BCUT2D eigenvalue weighted by molar-refractivity contribution is -0.276. The minimum atomic E-state index is -0.616. The number of para-hydroxylation sites is 2. The van der Waals surface area contributed by atoms with Crippen molar-refractivity contribution in [3.8, 4) is 11.1 Å². The van der Waals surface area contributed by atoms with E-state index in [1.54, 1.807) is 0 Å². The van der Waals surface area contributed by atoms with E-state index in [9.17, 15) is 9.90 Å². The minimum absolute atomic E-state index is 0.0108. The first-order valence-electron chi connectivity index (χ1n) is 19.5. The second-order valence-corrected chi connectivity index (χ2v) is 14.7. The number of fused-ring (bicyclic) bond motifs is 1. The molecule has 1 fully saturated rings. The summed E-state index contributed by atoms with van der Waals surface area (Å²) < 4.78 is 13.9. The average Bonchev–Trinajstić information content (AvgIpc) is 3.27. The Labute approximate surface area is 333 Å². The van der Waals surface area contributed by atoms with Crippen LogP contribution in [0.2, 0.25) is 0 Å². The normalized spacial score (nSPS) is 18.1. The van der Waals surface area contributed by atoms with Crippen LogP contribution >= 0.6 is 0 Å². The van der Waals surface area contributed by atoms with E-state index in [4.69, 9.17) is 9.47 Å². The molecule has 4 atom stereocenters. The second kappa shape index (κ2) is 17.8. The summed E-state index contributed by atoms with van der Waals surface area (Å²) in [5, 5.41) is 12.8. The molecule has 8 nitrogen and oxygen atoms in total. The number of carbonyl (C=O) groups excluding carboxylic acids is 1. The molecule has 0 bridgehead atoms. The number of aliphatic hydroxyl groups is 1. The summed E-state index contributed by atoms with van der Waals surface area (Å²) >= 11 is 0. The Bertz CT molecular complexity index is 2370. The smallest absolute Gasteiger partial charge is 0.271 e. The molecule has 1 aliphatic heterocycles. The first-order valence-corrected chi connectivity index (χ1v) is 19.5. The monoisotopic (exact) mass is 754 g/mol. The number of hydrogen-bond acceptors (Lipinski definition) is 7. The molecule has 7 aromatic rings. The van der Waals surface area contributed by atoms with Crippen LogP contribution < -0.4 is 5.32 Å². The highest BCUT2D eigenvalue weighted by Crippen LogP contribution is 2.42. The molecule has 0 spiro atoms. The number of carbonyl (C=O) groups is 1. The van der Waals surface area contributed by atoms with Crippen LogP contribution in [0.4, 0.5) is 0 Å². The largest absolute Gasteiger partial charge is 0.392 e. The topological polar surface area (TPSA) is 96.8 Å². The van der Waals surface area contributed by atoms with E-state index in [2.05, 4.69) is 130 Å².